The molecule has 0 atom stereocenters. The second-order valence-corrected chi connectivity index (χ2v) is 7.29. The minimum absolute atomic E-state index is 0.0370. The van der Waals surface area contributed by atoms with Gasteiger partial charge in [0.25, 0.3) is 5.69 Å². The lowest BCUT2D eigenvalue weighted by Gasteiger charge is -2.09. The molecule has 0 aliphatic carbocycles. The molecule has 23 heavy (non-hydrogen) atoms. The Morgan fingerprint density at radius 1 is 1.17 bits per heavy atom. The van der Waals surface area contributed by atoms with E-state index in [0.29, 0.717) is 0 Å². The minimum atomic E-state index is -3.90. The molecule has 0 amide bonds. The highest BCUT2D eigenvalue weighted by atomic mass is 35.5. The number of nitro groups is 1. The van der Waals surface area contributed by atoms with Crippen LogP contribution in [0.5, 0.6) is 0 Å². The summed E-state index contributed by atoms with van der Waals surface area (Å²) in [5, 5.41) is 11.0. The topological polar surface area (TPSA) is 89.3 Å². The summed E-state index contributed by atoms with van der Waals surface area (Å²) in [6, 6.07) is 9.58. The number of aryl methyl sites for hydroxylation is 1. The van der Waals surface area contributed by atoms with Crippen molar-refractivity contribution in [2.45, 2.75) is 25.3 Å². The number of hydrogen-bond acceptors (Lipinski definition) is 4. The lowest BCUT2D eigenvalue weighted by molar-refractivity contribution is -0.385. The van der Waals surface area contributed by atoms with Gasteiger partial charge in [0, 0.05) is 18.2 Å². The normalized spacial score (nSPS) is 11.4. The fraction of sp³-hybridized carbons (Fsp3) is 0.200. The predicted octanol–water partition coefficient (Wildman–Crippen LogP) is 3.34. The van der Waals surface area contributed by atoms with Gasteiger partial charge in [0.1, 0.15) is 0 Å². The smallest absolute Gasteiger partial charge is 0.258 e. The molecule has 0 aliphatic heterocycles. The average molecular weight is 355 g/mol. The third-order valence-electron chi connectivity index (χ3n) is 3.38. The third-order valence-corrected chi connectivity index (χ3v) is 5.16. The van der Waals surface area contributed by atoms with Crippen LogP contribution in [0, 0.1) is 24.0 Å². The lowest BCUT2D eigenvalue weighted by Crippen LogP contribution is -2.23. The van der Waals surface area contributed by atoms with E-state index in [0.717, 1.165) is 17.2 Å². The fourth-order valence-electron chi connectivity index (χ4n) is 1.95. The van der Waals surface area contributed by atoms with Crippen LogP contribution in [0.2, 0.25) is 5.02 Å². The van der Waals surface area contributed by atoms with Crippen molar-refractivity contribution in [2.24, 2.45) is 0 Å². The molecule has 0 aromatic heterocycles. The molecule has 0 heterocycles. The Labute approximate surface area is 139 Å². The lowest BCUT2D eigenvalue weighted by atomic mass is 10.2. The maximum Gasteiger partial charge on any atom is 0.275 e. The molecule has 8 heteroatoms. The number of nitro benzene ring substituents is 1. The molecule has 0 aliphatic rings. The molecule has 122 valence electrons. The minimum Gasteiger partial charge on any atom is -0.258 e. The first-order chi connectivity index (χ1) is 10.7. The van der Waals surface area contributed by atoms with Gasteiger partial charge >= 0.3 is 0 Å². The number of nitrogens with one attached hydrogen (secondary N) is 1. The first kappa shape index (κ1) is 17.4. The summed E-state index contributed by atoms with van der Waals surface area (Å²) in [6.45, 7) is 3.49. The van der Waals surface area contributed by atoms with E-state index in [1.807, 2.05) is 31.2 Å². The summed E-state index contributed by atoms with van der Waals surface area (Å²) >= 11 is 5.91. The summed E-state index contributed by atoms with van der Waals surface area (Å²) < 4.78 is 27.1. The van der Waals surface area contributed by atoms with Crippen LogP contribution < -0.4 is 4.72 Å². The van der Waals surface area contributed by atoms with Crippen molar-refractivity contribution < 1.29 is 13.3 Å². The number of benzene rings is 2. The van der Waals surface area contributed by atoms with Crippen LogP contribution in [-0.4, -0.2) is 13.3 Å². The third kappa shape index (κ3) is 4.07. The molecule has 0 bridgehead atoms. The van der Waals surface area contributed by atoms with E-state index in [4.69, 9.17) is 11.6 Å². The van der Waals surface area contributed by atoms with Gasteiger partial charge in [-0.25, -0.2) is 13.1 Å². The zero-order valence-corrected chi connectivity index (χ0v) is 14.1. The Bertz CT molecular complexity index is 849. The maximum atomic E-state index is 12.3. The van der Waals surface area contributed by atoms with Gasteiger partial charge in [-0.15, -0.1) is 0 Å². The van der Waals surface area contributed by atoms with E-state index in [9.17, 15) is 18.5 Å². The van der Waals surface area contributed by atoms with Gasteiger partial charge < -0.3 is 0 Å². The van der Waals surface area contributed by atoms with Gasteiger partial charge in [-0.2, -0.15) is 0 Å². The Balaban J connectivity index is 2.29. The van der Waals surface area contributed by atoms with Crippen LogP contribution in [0.4, 0.5) is 5.69 Å². The van der Waals surface area contributed by atoms with Crippen LogP contribution in [0.25, 0.3) is 0 Å². The highest BCUT2D eigenvalue weighted by molar-refractivity contribution is 7.89. The monoisotopic (exact) mass is 354 g/mol. The molecule has 0 fully saturated rings. The molecule has 2 aromatic rings. The van der Waals surface area contributed by atoms with Gasteiger partial charge in [0.05, 0.1) is 14.8 Å². The van der Waals surface area contributed by atoms with Crippen molar-refractivity contribution in [3.8, 4) is 0 Å². The number of sulfonamides is 1. The summed E-state index contributed by atoms with van der Waals surface area (Å²) in [7, 11) is -3.90. The van der Waals surface area contributed by atoms with Crippen LogP contribution in [0.3, 0.4) is 0 Å². The van der Waals surface area contributed by atoms with Crippen molar-refractivity contribution >= 4 is 27.3 Å². The first-order valence-corrected chi connectivity index (χ1v) is 8.56. The Morgan fingerprint density at radius 3 is 2.35 bits per heavy atom. The fourth-order valence-corrected chi connectivity index (χ4v) is 3.29. The summed E-state index contributed by atoms with van der Waals surface area (Å²) in [5.41, 5.74) is 1.76. The molecule has 0 saturated carbocycles. The average Bonchev–Trinajstić information content (AvgIpc) is 2.49. The molecule has 0 spiro atoms. The van der Waals surface area contributed by atoms with Gasteiger partial charge in [0.15, 0.2) is 0 Å². The molecule has 0 unspecified atom stereocenters. The van der Waals surface area contributed by atoms with E-state index in [1.165, 1.54) is 13.0 Å². The van der Waals surface area contributed by atoms with E-state index < -0.39 is 14.9 Å². The summed E-state index contributed by atoms with van der Waals surface area (Å²) in [4.78, 5) is 10.1. The van der Waals surface area contributed by atoms with Crippen LogP contribution >= 0.6 is 11.6 Å². The second kappa shape index (κ2) is 6.66. The molecule has 1 N–H and O–H groups in total. The number of nitrogens with zero attached hydrogens (tertiary/aromatic N) is 1. The number of halogens is 1. The largest absolute Gasteiger partial charge is 0.275 e. The van der Waals surface area contributed by atoms with Gasteiger partial charge in [-0.1, -0.05) is 41.4 Å². The zero-order chi connectivity index (χ0) is 17.2. The SMILES string of the molecule is Cc1ccc(CNS(=O)(=O)c2cc(Cl)c(C)c([N+](=O)[O-])c2)cc1. The van der Waals surface area contributed by atoms with Crippen molar-refractivity contribution in [3.63, 3.8) is 0 Å². The maximum absolute atomic E-state index is 12.3. The van der Waals surface area contributed by atoms with Crippen LogP contribution in [-0.2, 0) is 16.6 Å². The van der Waals surface area contributed by atoms with E-state index in [2.05, 4.69) is 4.72 Å². The summed E-state index contributed by atoms with van der Waals surface area (Å²) in [6.07, 6.45) is 0. The second-order valence-electron chi connectivity index (χ2n) is 5.12. The van der Waals surface area contributed by atoms with Crippen molar-refractivity contribution in [1.29, 1.82) is 0 Å². The van der Waals surface area contributed by atoms with Crippen LogP contribution in [0.1, 0.15) is 16.7 Å². The Kier molecular flexibility index (Phi) is 5.03. The van der Waals surface area contributed by atoms with E-state index >= 15 is 0 Å². The van der Waals surface area contributed by atoms with E-state index in [1.54, 1.807) is 0 Å². The zero-order valence-electron chi connectivity index (χ0n) is 12.5. The highest BCUT2D eigenvalue weighted by Gasteiger charge is 2.22. The standard InChI is InChI=1S/C15H15ClN2O4S/c1-10-3-5-12(6-4-10)9-17-23(21,22)13-7-14(16)11(2)15(8-13)18(19)20/h3-8,17H,9H2,1-2H3. The van der Waals surface area contributed by atoms with Crippen molar-refractivity contribution in [1.82, 2.24) is 4.72 Å². The van der Waals surface area contributed by atoms with Gasteiger partial charge in [0.2, 0.25) is 10.0 Å². The Morgan fingerprint density at radius 2 is 1.78 bits per heavy atom. The number of rotatable bonds is 5. The molecule has 2 aromatic carbocycles. The molecular formula is C15H15ClN2O4S. The number of hydrogen-bond donors (Lipinski definition) is 1. The van der Waals surface area contributed by atoms with Crippen molar-refractivity contribution in [2.75, 3.05) is 0 Å². The highest BCUT2D eigenvalue weighted by Crippen LogP contribution is 2.29. The molecule has 6 nitrogen and oxygen atoms in total. The van der Waals surface area contributed by atoms with Crippen molar-refractivity contribution in [3.05, 3.63) is 68.2 Å². The van der Waals surface area contributed by atoms with Gasteiger partial charge in [-0.3, -0.25) is 10.1 Å². The molecule has 2 rings (SSSR count). The van der Waals surface area contributed by atoms with Crippen LogP contribution in [0.15, 0.2) is 41.3 Å². The Hall–Kier alpha value is -1.96. The van der Waals surface area contributed by atoms with E-state index in [-0.39, 0.29) is 27.7 Å². The quantitative estimate of drug-likeness (QED) is 0.658. The molecule has 0 radical (unpaired) electrons. The predicted molar refractivity (Wildman–Crippen MR) is 88.0 cm³/mol. The molecule has 0 saturated heterocycles. The molecular weight excluding hydrogens is 340 g/mol. The first-order valence-electron chi connectivity index (χ1n) is 6.70. The summed E-state index contributed by atoms with van der Waals surface area (Å²) in [5.74, 6) is 0. The van der Waals surface area contributed by atoms with Gasteiger partial charge in [-0.05, 0) is 25.5 Å².